The van der Waals surface area contributed by atoms with Crippen LogP contribution in [0.2, 0.25) is 0 Å². The summed E-state index contributed by atoms with van der Waals surface area (Å²) in [7, 11) is 0. The Bertz CT molecular complexity index is 1350. The third kappa shape index (κ3) is 5.99. The van der Waals surface area contributed by atoms with Crippen LogP contribution >= 0.6 is 0 Å². The lowest BCUT2D eigenvalue weighted by Gasteiger charge is -2.24. The number of esters is 1. The van der Waals surface area contributed by atoms with Gasteiger partial charge in [0.25, 0.3) is 5.91 Å². The zero-order valence-corrected chi connectivity index (χ0v) is 20.5. The molecule has 0 saturated heterocycles. The van der Waals surface area contributed by atoms with Crippen LogP contribution in [0.1, 0.15) is 54.8 Å². The molecule has 5 N–H and O–H groups in total. The Morgan fingerprint density at radius 3 is 2.54 bits per heavy atom. The van der Waals surface area contributed by atoms with Crippen molar-refractivity contribution in [3.63, 3.8) is 0 Å². The van der Waals surface area contributed by atoms with Gasteiger partial charge in [0.1, 0.15) is 0 Å². The molecule has 12 heteroatoms. The van der Waals surface area contributed by atoms with E-state index in [-0.39, 0.29) is 34.3 Å². The van der Waals surface area contributed by atoms with Crippen molar-refractivity contribution in [2.75, 3.05) is 18.2 Å². The Balaban J connectivity index is 1.92. The second-order valence-electron chi connectivity index (χ2n) is 7.81. The third-order valence-corrected chi connectivity index (χ3v) is 5.37. The summed E-state index contributed by atoms with van der Waals surface area (Å²) in [6.07, 6.45) is 3.14. The molecule has 2 heterocycles. The van der Waals surface area contributed by atoms with Crippen LogP contribution < -0.4 is 16.0 Å². The number of pyridine rings is 1. The number of aromatic amines is 1. The number of hydrogen-bond acceptors (Lipinski definition) is 8. The van der Waals surface area contributed by atoms with E-state index in [0.717, 1.165) is 4.90 Å². The number of amidine groups is 1. The Labute approximate surface area is 212 Å². The van der Waals surface area contributed by atoms with Crippen LogP contribution in [-0.2, 0) is 9.47 Å². The highest BCUT2D eigenvalue weighted by atomic mass is 16.7. The van der Waals surface area contributed by atoms with E-state index >= 15 is 0 Å². The molecule has 1 aromatic carbocycles. The quantitative estimate of drug-likeness (QED) is 0.157. The predicted octanol–water partition coefficient (Wildman–Crippen LogP) is 2.66. The summed E-state index contributed by atoms with van der Waals surface area (Å²) in [5.74, 6) is -2.22. The predicted molar refractivity (Wildman–Crippen MR) is 134 cm³/mol. The number of nitrogens with one attached hydrogen (secondary N) is 3. The molecule has 0 aliphatic rings. The number of primary amides is 1. The van der Waals surface area contributed by atoms with Crippen molar-refractivity contribution in [1.29, 1.82) is 5.41 Å². The molecule has 192 valence electrons. The number of H-pyrrole nitrogens is 1. The second-order valence-corrected chi connectivity index (χ2v) is 7.81. The Morgan fingerprint density at radius 2 is 1.89 bits per heavy atom. The van der Waals surface area contributed by atoms with Gasteiger partial charge in [-0.1, -0.05) is 6.07 Å². The Kier molecular flexibility index (Phi) is 8.35. The number of rotatable bonds is 8. The van der Waals surface area contributed by atoms with Gasteiger partial charge in [0, 0.05) is 30.7 Å². The van der Waals surface area contributed by atoms with Crippen molar-refractivity contribution in [2.24, 2.45) is 5.73 Å². The van der Waals surface area contributed by atoms with Crippen LogP contribution in [0, 0.1) is 19.3 Å². The summed E-state index contributed by atoms with van der Waals surface area (Å²) in [6.45, 7) is 4.72. The molecule has 0 bridgehead atoms. The van der Waals surface area contributed by atoms with E-state index in [9.17, 15) is 19.2 Å². The van der Waals surface area contributed by atoms with Crippen LogP contribution in [0.15, 0.2) is 48.9 Å². The van der Waals surface area contributed by atoms with Crippen molar-refractivity contribution < 1.29 is 28.7 Å². The average Bonchev–Trinajstić information content (AvgIpc) is 3.27. The van der Waals surface area contributed by atoms with Gasteiger partial charge in [-0.15, -0.1) is 0 Å². The molecule has 37 heavy (non-hydrogen) atoms. The van der Waals surface area contributed by atoms with Crippen LogP contribution in [0.3, 0.4) is 0 Å². The first-order valence-corrected chi connectivity index (χ1v) is 11.1. The smallest absolute Gasteiger partial charge is 0.423 e. The molecule has 3 amide bonds. The SMILES string of the molecule is CCNC(=O)c1c[nH]c(C(=N)N(C(=O)OCOC(=O)c2cccnc2)c2cc(C(N)=O)ccc2C)c1C. The number of amides is 3. The van der Waals surface area contributed by atoms with Crippen molar-refractivity contribution in [3.05, 3.63) is 82.4 Å². The molecule has 0 aliphatic heterocycles. The number of aromatic nitrogens is 2. The molecule has 12 nitrogen and oxygen atoms in total. The molecule has 2 aromatic heterocycles. The normalized spacial score (nSPS) is 10.4. The summed E-state index contributed by atoms with van der Waals surface area (Å²) in [5.41, 5.74) is 7.20. The van der Waals surface area contributed by atoms with Gasteiger partial charge in [-0.25, -0.2) is 14.5 Å². The number of nitrogens with zero attached hydrogens (tertiary/aromatic N) is 2. The van der Waals surface area contributed by atoms with Crippen molar-refractivity contribution in [1.82, 2.24) is 15.3 Å². The molecule has 0 aliphatic carbocycles. The average molecular weight is 507 g/mol. The minimum atomic E-state index is -1.07. The summed E-state index contributed by atoms with van der Waals surface area (Å²) in [6, 6.07) is 7.42. The monoisotopic (exact) mass is 506 g/mol. The number of ether oxygens (including phenoxy) is 2. The summed E-state index contributed by atoms with van der Waals surface area (Å²) in [4.78, 5) is 57.1. The lowest BCUT2D eigenvalue weighted by Crippen LogP contribution is -2.39. The van der Waals surface area contributed by atoms with Crippen molar-refractivity contribution in [2.45, 2.75) is 20.8 Å². The molecule has 3 aromatic rings. The van der Waals surface area contributed by atoms with Gasteiger partial charge >= 0.3 is 12.1 Å². The van der Waals surface area contributed by atoms with Gasteiger partial charge in [-0.05, 0) is 56.2 Å². The number of nitrogens with two attached hydrogens (primary N) is 1. The zero-order valence-electron chi connectivity index (χ0n) is 20.5. The fourth-order valence-electron chi connectivity index (χ4n) is 3.42. The standard InChI is InChI=1S/C25H26N6O6/c1-4-29-23(33)18-12-30-20(15(18)3)21(26)31(19-10-16(22(27)32)8-7-14(19)2)25(35)37-13-36-24(34)17-6-5-9-28-11-17/h5-12,26,30H,4,13H2,1-3H3,(H2,27,32)(H,29,33). The molecule has 0 fully saturated rings. The molecule has 0 radical (unpaired) electrons. The highest BCUT2D eigenvalue weighted by Gasteiger charge is 2.29. The number of carbonyl (C=O) groups excluding carboxylic acids is 4. The van der Waals surface area contributed by atoms with Crippen LogP contribution in [-0.4, -0.2) is 53.0 Å². The van der Waals surface area contributed by atoms with E-state index in [4.69, 9.17) is 20.6 Å². The van der Waals surface area contributed by atoms with Gasteiger partial charge < -0.3 is 25.5 Å². The summed E-state index contributed by atoms with van der Waals surface area (Å²) < 4.78 is 10.1. The zero-order chi connectivity index (χ0) is 27.1. The highest BCUT2D eigenvalue weighted by molar-refractivity contribution is 6.21. The largest absolute Gasteiger partial charge is 0.424 e. The minimum Gasteiger partial charge on any atom is -0.424 e. The first-order valence-electron chi connectivity index (χ1n) is 11.1. The van der Waals surface area contributed by atoms with Crippen LogP contribution in [0.25, 0.3) is 0 Å². The van der Waals surface area contributed by atoms with Gasteiger partial charge in [0.15, 0.2) is 5.84 Å². The molecule has 3 rings (SSSR count). The number of benzene rings is 1. The maximum Gasteiger partial charge on any atom is 0.423 e. The topological polar surface area (TPSA) is 181 Å². The Hall–Kier alpha value is -5.00. The van der Waals surface area contributed by atoms with E-state index in [0.29, 0.717) is 23.2 Å². The van der Waals surface area contributed by atoms with Crippen LogP contribution in [0.5, 0.6) is 0 Å². The molecule has 0 spiro atoms. The first-order chi connectivity index (χ1) is 17.6. The molecular weight excluding hydrogens is 480 g/mol. The van der Waals surface area contributed by atoms with Gasteiger partial charge in [0.05, 0.1) is 22.5 Å². The van der Waals surface area contributed by atoms with Crippen LogP contribution in [0.4, 0.5) is 10.5 Å². The van der Waals surface area contributed by atoms with Gasteiger partial charge in [-0.3, -0.25) is 20.0 Å². The lowest BCUT2D eigenvalue weighted by molar-refractivity contribution is 0.0000568. The fourth-order valence-corrected chi connectivity index (χ4v) is 3.42. The molecule has 0 unspecified atom stereocenters. The number of hydrogen-bond donors (Lipinski definition) is 4. The first kappa shape index (κ1) is 26.6. The van der Waals surface area contributed by atoms with E-state index in [2.05, 4.69) is 15.3 Å². The lowest BCUT2D eigenvalue weighted by atomic mass is 10.1. The van der Waals surface area contributed by atoms with E-state index in [1.165, 1.54) is 36.8 Å². The van der Waals surface area contributed by atoms with E-state index in [1.807, 2.05) is 0 Å². The number of anilines is 1. The Morgan fingerprint density at radius 1 is 1.14 bits per heavy atom. The highest BCUT2D eigenvalue weighted by Crippen LogP contribution is 2.26. The maximum absolute atomic E-state index is 13.2. The number of carbonyl (C=O) groups is 4. The molecule has 0 atom stereocenters. The van der Waals surface area contributed by atoms with E-state index < -0.39 is 24.8 Å². The fraction of sp³-hybridized carbons (Fsp3) is 0.200. The van der Waals surface area contributed by atoms with Gasteiger partial charge in [0.2, 0.25) is 12.7 Å². The minimum absolute atomic E-state index is 0.0976. The van der Waals surface area contributed by atoms with Gasteiger partial charge in [-0.2, -0.15) is 0 Å². The van der Waals surface area contributed by atoms with Crippen molar-refractivity contribution >= 4 is 35.4 Å². The third-order valence-electron chi connectivity index (χ3n) is 5.37. The summed E-state index contributed by atoms with van der Waals surface area (Å²) >= 11 is 0. The second kappa shape index (κ2) is 11.6. The summed E-state index contributed by atoms with van der Waals surface area (Å²) in [5, 5.41) is 11.5. The van der Waals surface area contributed by atoms with Crippen molar-refractivity contribution in [3.8, 4) is 0 Å². The maximum atomic E-state index is 13.2. The molecular formula is C25H26N6O6. The molecule has 0 saturated carbocycles. The number of aryl methyl sites for hydroxylation is 1. The van der Waals surface area contributed by atoms with E-state index in [1.54, 1.807) is 32.9 Å².